The minimum absolute atomic E-state index is 0.0858. The van der Waals surface area contributed by atoms with E-state index >= 15 is 0 Å². The average Bonchev–Trinajstić information content (AvgIpc) is 3.55. The third kappa shape index (κ3) is 8.07. The van der Waals surface area contributed by atoms with E-state index in [1.807, 2.05) is 78.9 Å². The lowest BCUT2D eigenvalue weighted by Crippen LogP contribution is -2.52. The van der Waals surface area contributed by atoms with Crippen molar-refractivity contribution in [3.63, 3.8) is 0 Å². The van der Waals surface area contributed by atoms with Crippen LogP contribution in [0.5, 0.6) is 11.5 Å². The molecule has 0 bridgehead atoms. The molecule has 0 aliphatic carbocycles. The molecule has 1 aromatic heterocycles. The van der Waals surface area contributed by atoms with E-state index in [0.29, 0.717) is 11.5 Å². The van der Waals surface area contributed by atoms with Crippen LogP contribution in [0.4, 0.5) is 5.82 Å². The van der Waals surface area contributed by atoms with Gasteiger partial charge in [-0.2, -0.15) is 4.98 Å². The number of nitrogens with one attached hydrogen (secondary N) is 1. The van der Waals surface area contributed by atoms with Gasteiger partial charge in [0, 0.05) is 38.7 Å². The summed E-state index contributed by atoms with van der Waals surface area (Å²) >= 11 is 0. The number of carbonyl (C=O) groups excluding carboxylic acids is 1. The number of aromatic nitrogens is 2. The molecule has 0 radical (unpaired) electrons. The van der Waals surface area contributed by atoms with Gasteiger partial charge in [0.05, 0.1) is 25.7 Å². The maximum Gasteiger partial charge on any atom is 0.351 e. The van der Waals surface area contributed by atoms with E-state index in [9.17, 15) is 14.7 Å². The fraction of sp³-hybridized carbons (Fsp3) is 0.410. The molecule has 1 aliphatic heterocycles. The molecule has 5 atom stereocenters. The van der Waals surface area contributed by atoms with Crippen LogP contribution in [0.1, 0.15) is 64.0 Å². The minimum Gasteiger partial charge on any atom is -0.497 e. The van der Waals surface area contributed by atoms with Crippen molar-refractivity contribution >= 4 is 20.3 Å². The van der Waals surface area contributed by atoms with Crippen molar-refractivity contribution in [2.45, 2.75) is 83.1 Å². The summed E-state index contributed by atoms with van der Waals surface area (Å²) in [4.78, 5) is 29.1. The molecule has 2 unspecified atom stereocenters. The Morgan fingerprint density at radius 2 is 1.44 bits per heavy atom. The maximum absolute atomic E-state index is 13.4. The first-order valence-corrected chi connectivity index (χ1v) is 18.4. The minimum atomic E-state index is -1.63. The van der Waals surface area contributed by atoms with E-state index in [0.717, 1.165) is 16.7 Å². The molecule has 13 heteroatoms. The molecule has 1 fully saturated rings. The van der Waals surface area contributed by atoms with Gasteiger partial charge in [0.25, 0.3) is 8.53 Å². The van der Waals surface area contributed by atoms with E-state index in [4.69, 9.17) is 23.3 Å². The van der Waals surface area contributed by atoms with Gasteiger partial charge in [-0.1, -0.05) is 54.6 Å². The van der Waals surface area contributed by atoms with Crippen molar-refractivity contribution in [3.05, 3.63) is 118 Å². The predicted octanol–water partition coefficient (Wildman–Crippen LogP) is 6.28. The zero-order chi connectivity index (χ0) is 37.6. The molecule has 2 N–H and O–H groups in total. The van der Waals surface area contributed by atoms with Gasteiger partial charge in [-0.25, -0.2) is 9.46 Å². The molecule has 1 saturated heterocycles. The van der Waals surface area contributed by atoms with Gasteiger partial charge in [0.15, 0.2) is 0 Å². The van der Waals surface area contributed by atoms with Gasteiger partial charge >= 0.3 is 5.69 Å². The fourth-order valence-electron chi connectivity index (χ4n) is 7.05. The Labute approximate surface area is 306 Å². The molecule has 0 saturated carbocycles. The summed E-state index contributed by atoms with van der Waals surface area (Å²) < 4.78 is 34.2. The third-order valence-corrected chi connectivity index (χ3v) is 11.3. The zero-order valence-electron chi connectivity index (χ0n) is 30.9. The number of benzene rings is 3. The highest BCUT2D eigenvalue weighted by Gasteiger charge is 2.54. The molecule has 278 valence electrons. The Bertz CT molecular complexity index is 1770. The molecule has 1 aliphatic rings. The molecule has 52 heavy (non-hydrogen) atoms. The Morgan fingerprint density at radius 1 is 0.904 bits per heavy atom. The second kappa shape index (κ2) is 17.1. The molecular weight excluding hydrogens is 683 g/mol. The summed E-state index contributed by atoms with van der Waals surface area (Å²) in [6, 6.07) is 26.7. The van der Waals surface area contributed by atoms with Crippen LogP contribution in [0.2, 0.25) is 0 Å². The van der Waals surface area contributed by atoms with Crippen LogP contribution in [0.15, 0.2) is 95.9 Å². The molecule has 0 spiro atoms. The van der Waals surface area contributed by atoms with E-state index in [1.54, 1.807) is 21.3 Å². The first-order valence-electron chi connectivity index (χ1n) is 17.3. The number of methoxy groups -OCH3 is 2. The van der Waals surface area contributed by atoms with Crippen molar-refractivity contribution in [2.75, 3.05) is 26.6 Å². The highest BCUT2D eigenvalue weighted by Crippen LogP contribution is 2.52. The van der Waals surface area contributed by atoms with Crippen LogP contribution in [0.3, 0.4) is 0 Å². The van der Waals surface area contributed by atoms with Crippen molar-refractivity contribution in [1.29, 1.82) is 0 Å². The number of amides is 1. The summed E-state index contributed by atoms with van der Waals surface area (Å²) in [5, 5.41) is 15.7. The number of hydrogen-bond acceptors (Lipinski definition) is 10. The van der Waals surface area contributed by atoms with Gasteiger partial charge in [-0.05, 0) is 74.7 Å². The Hall–Kier alpha value is -4.16. The van der Waals surface area contributed by atoms with Gasteiger partial charge in [0.2, 0.25) is 5.91 Å². The van der Waals surface area contributed by atoms with Crippen molar-refractivity contribution in [1.82, 2.24) is 14.2 Å². The standard InChI is InChI=1S/C39H49N4O8P/c1-25(2)43(26(3)4)52(49-8)51-33-24-35(42-23-22-34(40-27(5)44)41-38(42)46)50-36(33)37(45)39(28-12-10-9-11-13-28,29-14-18-31(47-6)19-15-29)30-16-20-32(48-7)21-17-30/h9-23,25-26,33,35-37,45H,24H2,1-8H3,(H,40,41,44,46)/t33-,35+,36-,37?,52?/m0/s1. The summed E-state index contributed by atoms with van der Waals surface area (Å²) in [7, 11) is 3.20. The summed E-state index contributed by atoms with van der Waals surface area (Å²) in [6.07, 6.45) is -2.15. The monoisotopic (exact) mass is 732 g/mol. The van der Waals surface area contributed by atoms with Crippen molar-refractivity contribution < 1.29 is 33.2 Å². The van der Waals surface area contributed by atoms with Gasteiger partial charge in [-0.3, -0.25) is 9.36 Å². The molecule has 12 nitrogen and oxygen atoms in total. The number of ether oxygens (including phenoxy) is 3. The Balaban J connectivity index is 1.70. The average molecular weight is 733 g/mol. The second-order valence-corrected chi connectivity index (χ2v) is 14.7. The van der Waals surface area contributed by atoms with Crippen LogP contribution >= 0.6 is 8.53 Å². The Morgan fingerprint density at radius 3 is 1.90 bits per heavy atom. The number of anilines is 1. The van der Waals surface area contributed by atoms with Crippen molar-refractivity contribution in [3.8, 4) is 11.5 Å². The summed E-state index contributed by atoms with van der Waals surface area (Å²) in [5.41, 5.74) is 0.528. The zero-order valence-corrected chi connectivity index (χ0v) is 31.8. The largest absolute Gasteiger partial charge is 0.497 e. The van der Waals surface area contributed by atoms with Crippen LogP contribution in [-0.2, 0) is 24.0 Å². The number of rotatable bonds is 15. The number of hydrogen-bond donors (Lipinski definition) is 2. The first-order chi connectivity index (χ1) is 24.9. The van der Waals surface area contributed by atoms with E-state index in [2.05, 4.69) is 42.7 Å². The number of aliphatic hydroxyl groups is 1. The molecule has 3 aromatic carbocycles. The van der Waals surface area contributed by atoms with E-state index in [1.165, 1.54) is 23.8 Å². The van der Waals surface area contributed by atoms with Crippen molar-refractivity contribution in [2.24, 2.45) is 0 Å². The van der Waals surface area contributed by atoms with Crippen LogP contribution in [-0.4, -0.2) is 77.0 Å². The van der Waals surface area contributed by atoms with E-state index < -0.39 is 44.2 Å². The molecule has 2 heterocycles. The van der Waals surface area contributed by atoms with Gasteiger partial charge in [-0.15, -0.1) is 0 Å². The third-order valence-electron chi connectivity index (χ3n) is 9.26. The van der Waals surface area contributed by atoms with E-state index in [-0.39, 0.29) is 30.2 Å². The lowest BCUT2D eigenvalue weighted by Gasteiger charge is -2.44. The molecule has 5 rings (SSSR count). The molecular formula is C39H49N4O8P. The van der Waals surface area contributed by atoms with Crippen LogP contribution in [0.25, 0.3) is 0 Å². The normalized spacial score (nSPS) is 18.8. The molecule has 4 aromatic rings. The van der Waals surface area contributed by atoms with Gasteiger partial charge in [0.1, 0.15) is 35.8 Å². The SMILES string of the molecule is COc1ccc(C(c2ccccc2)(c2ccc(OC)cc2)C(O)[C@H]2O[C@@H](n3ccc(NC(C)=O)nc3=O)C[C@@H]2OP(OC)N(C(C)C)C(C)C)cc1. The maximum atomic E-state index is 13.4. The van der Waals surface area contributed by atoms with Crippen LogP contribution < -0.4 is 20.5 Å². The van der Waals surface area contributed by atoms with Gasteiger partial charge < -0.3 is 33.7 Å². The van der Waals surface area contributed by atoms with Crippen LogP contribution in [0, 0.1) is 0 Å². The predicted molar refractivity (Wildman–Crippen MR) is 201 cm³/mol. The topological polar surface area (TPSA) is 134 Å². The molecule has 1 amide bonds. The quantitative estimate of drug-likeness (QED) is 0.106. The summed E-state index contributed by atoms with van der Waals surface area (Å²) in [5.74, 6) is 1.11. The highest BCUT2D eigenvalue weighted by atomic mass is 31.2. The fourth-order valence-corrected chi connectivity index (χ4v) is 8.62. The Kier molecular flexibility index (Phi) is 12.9. The lowest BCUT2D eigenvalue weighted by molar-refractivity contribution is -0.114. The number of aliphatic hydroxyl groups excluding tert-OH is 1. The highest BCUT2D eigenvalue weighted by molar-refractivity contribution is 7.44. The first kappa shape index (κ1) is 39.1. The smallest absolute Gasteiger partial charge is 0.351 e. The summed E-state index contributed by atoms with van der Waals surface area (Å²) in [6.45, 7) is 9.65. The second-order valence-electron chi connectivity index (χ2n) is 13.2. The lowest BCUT2D eigenvalue weighted by atomic mass is 9.64. The number of carbonyl (C=O) groups is 1. The number of nitrogens with zero attached hydrogens (tertiary/aromatic N) is 3.